The minimum atomic E-state index is -5.10. The van der Waals surface area contributed by atoms with Gasteiger partial charge in [0.2, 0.25) is 5.91 Å². The summed E-state index contributed by atoms with van der Waals surface area (Å²) in [7, 11) is 1.34. The van der Waals surface area contributed by atoms with Gasteiger partial charge in [-0.15, -0.1) is 11.3 Å². The first-order chi connectivity index (χ1) is 21.4. The van der Waals surface area contributed by atoms with Gasteiger partial charge in [0.1, 0.15) is 11.9 Å². The minimum Gasteiger partial charge on any atom is -0.348 e. The van der Waals surface area contributed by atoms with Crippen LogP contribution in [0, 0.1) is 24.1 Å². The topological polar surface area (TPSA) is 62.6 Å². The fraction of sp³-hybridized carbons (Fsp3) is 0.455. The lowest BCUT2D eigenvalue weighted by molar-refractivity contribution is -0.178. The molecule has 5 rings (SSSR count). The Morgan fingerprint density at radius 1 is 0.957 bits per heavy atom. The van der Waals surface area contributed by atoms with E-state index in [0.29, 0.717) is 71.9 Å². The lowest BCUT2D eigenvalue weighted by Crippen LogP contribution is -2.42. The molecule has 0 radical (unpaired) electrons. The van der Waals surface area contributed by atoms with Gasteiger partial charge in [-0.1, -0.05) is 6.07 Å². The molecule has 0 N–H and O–H groups in total. The Balaban J connectivity index is 1.62. The Morgan fingerprint density at radius 2 is 1.50 bits per heavy atom. The van der Waals surface area contributed by atoms with Gasteiger partial charge in [-0.2, -0.15) is 31.6 Å². The lowest BCUT2D eigenvalue weighted by Gasteiger charge is -2.35. The zero-order valence-corrected chi connectivity index (χ0v) is 26.3. The number of alkyl halides is 6. The Bertz CT molecular complexity index is 1660. The molecule has 1 aromatic heterocycles. The molecule has 0 bridgehead atoms. The van der Waals surface area contributed by atoms with E-state index >= 15 is 0 Å². The highest BCUT2D eigenvalue weighted by Crippen LogP contribution is 2.52. The van der Waals surface area contributed by atoms with Crippen molar-refractivity contribution in [2.24, 2.45) is 0 Å². The summed E-state index contributed by atoms with van der Waals surface area (Å²) in [5.74, 6) is -2.11. The van der Waals surface area contributed by atoms with E-state index in [1.54, 1.807) is 6.92 Å². The molecular weight excluding hydrogens is 637 g/mol. The Kier molecular flexibility index (Phi) is 8.81. The maximum absolute atomic E-state index is 14.2. The standard InChI is InChI=1S/C33H31F7N2O3S/c1-18-13-23(34)5-6-24(18)28-26(25(17-41)27(46-28)19-7-9-31(10-8-19)44-11-12-45-31)42(4)29(43)30(2,3)20-14-21(32(35,36)37)16-22(15-20)33(38,39)40/h5-6,13-16,19H,7-12H2,1-4H3. The first-order valence-corrected chi connectivity index (χ1v) is 15.4. The quantitative estimate of drug-likeness (QED) is 0.255. The molecule has 13 heteroatoms. The zero-order valence-electron chi connectivity index (χ0n) is 25.5. The highest BCUT2D eigenvalue weighted by Gasteiger charge is 2.44. The molecule has 1 aliphatic heterocycles. The molecule has 2 aromatic carbocycles. The number of nitrogens with zero attached hydrogens (tertiary/aromatic N) is 2. The number of aryl methyl sites for hydroxylation is 1. The lowest BCUT2D eigenvalue weighted by atomic mass is 9.81. The molecule has 2 fully saturated rings. The van der Waals surface area contributed by atoms with Crippen LogP contribution in [0.15, 0.2) is 36.4 Å². The van der Waals surface area contributed by atoms with E-state index in [0.717, 1.165) is 4.90 Å². The number of carbonyl (C=O) groups excluding carboxylic acids is 1. The number of likely N-dealkylation sites (N-methyl/N-ethyl adjacent to an activating group) is 1. The molecule has 0 atom stereocenters. The van der Waals surface area contributed by atoms with Crippen molar-refractivity contribution in [2.45, 2.75) is 75.9 Å². The van der Waals surface area contributed by atoms with Gasteiger partial charge < -0.3 is 14.4 Å². The summed E-state index contributed by atoms with van der Waals surface area (Å²) < 4.78 is 108. The zero-order chi connectivity index (χ0) is 33.8. The molecule has 0 unspecified atom stereocenters. The normalized spacial score (nSPS) is 17.3. The van der Waals surface area contributed by atoms with Crippen molar-refractivity contribution in [3.05, 3.63) is 74.9 Å². The molecule has 2 heterocycles. The highest BCUT2D eigenvalue weighted by molar-refractivity contribution is 7.16. The number of halogens is 7. The van der Waals surface area contributed by atoms with E-state index in [2.05, 4.69) is 6.07 Å². The van der Waals surface area contributed by atoms with Crippen molar-refractivity contribution in [1.82, 2.24) is 0 Å². The first kappa shape index (κ1) is 33.9. The van der Waals surface area contributed by atoms with E-state index in [4.69, 9.17) is 9.47 Å². The smallest absolute Gasteiger partial charge is 0.348 e. The van der Waals surface area contributed by atoms with E-state index in [-0.39, 0.29) is 23.2 Å². The van der Waals surface area contributed by atoms with Gasteiger partial charge in [0, 0.05) is 24.8 Å². The van der Waals surface area contributed by atoms with Crippen LogP contribution in [0.3, 0.4) is 0 Å². The van der Waals surface area contributed by atoms with E-state index in [1.165, 1.54) is 50.4 Å². The number of nitriles is 1. The summed E-state index contributed by atoms with van der Waals surface area (Å²) in [4.78, 5) is 16.5. The molecule has 1 saturated carbocycles. The maximum Gasteiger partial charge on any atom is 0.416 e. The summed E-state index contributed by atoms with van der Waals surface area (Å²) in [6, 6.07) is 7.37. The minimum absolute atomic E-state index is 0.0120. The Hall–Kier alpha value is -3.47. The van der Waals surface area contributed by atoms with Crippen molar-refractivity contribution in [3.63, 3.8) is 0 Å². The Morgan fingerprint density at radius 3 is 2.00 bits per heavy atom. The third-order valence-electron chi connectivity index (χ3n) is 8.87. The molecule has 3 aromatic rings. The first-order valence-electron chi connectivity index (χ1n) is 14.6. The third-order valence-corrected chi connectivity index (χ3v) is 10.2. The predicted octanol–water partition coefficient (Wildman–Crippen LogP) is 9.11. The Labute approximate surface area is 265 Å². The van der Waals surface area contributed by atoms with E-state index < -0.39 is 52.0 Å². The molecule has 5 nitrogen and oxygen atoms in total. The van der Waals surface area contributed by atoms with Gasteiger partial charge in [-0.3, -0.25) is 4.79 Å². The van der Waals surface area contributed by atoms with Crippen LogP contribution in [0.1, 0.15) is 78.1 Å². The van der Waals surface area contributed by atoms with Crippen LogP contribution in [0.5, 0.6) is 0 Å². The van der Waals surface area contributed by atoms with Gasteiger partial charge in [0.25, 0.3) is 0 Å². The summed E-state index contributed by atoms with van der Waals surface area (Å²) in [5.41, 5.74) is -4.08. The number of anilines is 1. The second kappa shape index (κ2) is 12.0. The molecule has 46 heavy (non-hydrogen) atoms. The van der Waals surface area contributed by atoms with Gasteiger partial charge in [0.15, 0.2) is 5.79 Å². The average molecular weight is 669 g/mol. The second-order valence-electron chi connectivity index (χ2n) is 12.3. The van der Waals surface area contributed by atoms with Crippen LogP contribution >= 0.6 is 11.3 Å². The van der Waals surface area contributed by atoms with E-state index in [9.17, 15) is 40.8 Å². The van der Waals surface area contributed by atoms with Gasteiger partial charge in [-0.25, -0.2) is 4.39 Å². The summed E-state index contributed by atoms with van der Waals surface area (Å²) in [6.45, 7) is 5.13. The fourth-order valence-electron chi connectivity index (χ4n) is 6.29. The SMILES string of the molecule is Cc1cc(F)ccc1-c1sc(C2CCC3(CC2)OCCO3)c(C#N)c1N(C)C(=O)C(C)(C)c1cc(C(F)(F)F)cc(C(F)(F)F)c1. The molecule has 2 aliphatic rings. The van der Waals surface area contributed by atoms with Gasteiger partial charge >= 0.3 is 12.4 Å². The molecule has 1 amide bonds. The van der Waals surface area contributed by atoms with Crippen molar-refractivity contribution in [2.75, 3.05) is 25.2 Å². The van der Waals surface area contributed by atoms with Crippen molar-refractivity contribution >= 4 is 22.9 Å². The number of rotatable bonds is 5. The van der Waals surface area contributed by atoms with Crippen molar-refractivity contribution in [1.29, 1.82) is 5.26 Å². The third kappa shape index (κ3) is 6.27. The summed E-state index contributed by atoms with van der Waals surface area (Å²) in [6.07, 6.45) is -7.80. The van der Waals surface area contributed by atoms with Crippen LogP contribution in [0.4, 0.5) is 36.4 Å². The predicted molar refractivity (Wildman–Crippen MR) is 158 cm³/mol. The maximum atomic E-state index is 14.2. The monoisotopic (exact) mass is 668 g/mol. The molecular formula is C33H31F7N2O3S. The van der Waals surface area contributed by atoms with Crippen LogP contribution < -0.4 is 4.90 Å². The summed E-state index contributed by atoms with van der Waals surface area (Å²) in [5, 5.41) is 10.5. The average Bonchev–Trinajstić information content (AvgIpc) is 3.60. The van der Waals surface area contributed by atoms with Crippen LogP contribution in [-0.4, -0.2) is 32.0 Å². The van der Waals surface area contributed by atoms with Crippen LogP contribution in [0.25, 0.3) is 10.4 Å². The number of benzene rings is 2. The van der Waals surface area contributed by atoms with Gasteiger partial charge in [-0.05, 0) is 86.6 Å². The molecule has 1 aliphatic carbocycles. The number of hydrogen-bond acceptors (Lipinski definition) is 5. The number of hydrogen-bond donors (Lipinski definition) is 0. The largest absolute Gasteiger partial charge is 0.416 e. The summed E-state index contributed by atoms with van der Waals surface area (Å²) >= 11 is 1.27. The molecule has 1 saturated heterocycles. The number of thiophene rings is 1. The second-order valence-corrected chi connectivity index (χ2v) is 13.3. The fourth-order valence-corrected chi connectivity index (χ4v) is 7.83. The van der Waals surface area contributed by atoms with Crippen molar-refractivity contribution < 1.29 is 45.0 Å². The number of ether oxygens (including phenoxy) is 2. The number of amides is 1. The van der Waals surface area contributed by atoms with Gasteiger partial charge in [0.05, 0.1) is 45.9 Å². The molecule has 246 valence electrons. The van der Waals surface area contributed by atoms with Crippen LogP contribution in [0.2, 0.25) is 0 Å². The van der Waals surface area contributed by atoms with Crippen LogP contribution in [-0.2, 0) is 32.0 Å². The highest BCUT2D eigenvalue weighted by atomic mass is 32.1. The van der Waals surface area contributed by atoms with Crippen molar-refractivity contribution in [3.8, 4) is 16.5 Å². The molecule has 1 spiro atoms. The number of carbonyl (C=O) groups is 1. The van der Waals surface area contributed by atoms with E-state index in [1.807, 2.05) is 0 Å².